The van der Waals surface area contributed by atoms with Crippen LogP contribution in [-0.2, 0) is 6.54 Å². The maximum absolute atomic E-state index is 4.60. The standard InChI is InChI=1S/C19H29N3S/c1-14-20-17(13-23-14)12-22-8-6-21(7-9-22)11-15-4-5-16-10-18(15)19(16,2)3/h4,13,16,18H,5-12H2,1-3H3/t16-,18-/m0/s1. The minimum atomic E-state index is 0.564. The Balaban J connectivity index is 1.28. The molecule has 5 rings (SSSR count). The Morgan fingerprint density at radius 2 is 1.87 bits per heavy atom. The lowest BCUT2D eigenvalue weighted by atomic mass is 9.49. The summed E-state index contributed by atoms with van der Waals surface area (Å²) >= 11 is 1.77. The largest absolute Gasteiger partial charge is 0.297 e. The van der Waals surface area contributed by atoms with Crippen LogP contribution in [0.2, 0.25) is 0 Å². The fourth-order valence-corrected chi connectivity index (χ4v) is 5.33. The Kier molecular flexibility index (Phi) is 4.11. The van der Waals surface area contributed by atoms with Crippen LogP contribution in [0.4, 0.5) is 0 Å². The van der Waals surface area contributed by atoms with E-state index in [1.165, 1.54) is 56.3 Å². The summed E-state index contributed by atoms with van der Waals surface area (Å²) in [6, 6.07) is 0. The van der Waals surface area contributed by atoms with Crippen molar-refractivity contribution in [3.05, 3.63) is 27.7 Å². The lowest BCUT2D eigenvalue weighted by molar-refractivity contribution is -0.0121. The molecule has 2 fully saturated rings. The van der Waals surface area contributed by atoms with Gasteiger partial charge in [-0.15, -0.1) is 11.3 Å². The molecule has 1 saturated carbocycles. The molecule has 0 spiro atoms. The van der Waals surface area contributed by atoms with Crippen molar-refractivity contribution in [1.82, 2.24) is 14.8 Å². The van der Waals surface area contributed by atoms with Crippen molar-refractivity contribution in [3.63, 3.8) is 0 Å². The van der Waals surface area contributed by atoms with Gasteiger partial charge in [0.15, 0.2) is 0 Å². The number of hydrogen-bond donors (Lipinski definition) is 0. The zero-order chi connectivity index (χ0) is 16.0. The average Bonchev–Trinajstić information content (AvgIpc) is 2.94. The maximum Gasteiger partial charge on any atom is 0.0897 e. The summed E-state index contributed by atoms with van der Waals surface area (Å²) in [5.41, 5.74) is 3.55. The predicted octanol–water partition coefficient (Wildman–Crippen LogP) is 3.56. The molecule has 0 amide bonds. The van der Waals surface area contributed by atoms with Crippen LogP contribution in [-0.4, -0.2) is 47.5 Å². The fourth-order valence-electron chi connectivity index (χ4n) is 4.73. The Morgan fingerprint density at radius 1 is 1.17 bits per heavy atom. The molecular formula is C19H29N3S. The normalized spacial score (nSPS) is 30.8. The zero-order valence-electron chi connectivity index (χ0n) is 14.7. The van der Waals surface area contributed by atoms with Crippen LogP contribution in [0.3, 0.4) is 0 Å². The smallest absolute Gasteiger partial charge is 0.0897 e. The first-order chi connectivity index (χ1) is 11.0. The van der Waals surface area contributed by atoms with Crippen LogP contribution < -0.4 is 0 Å². The van der Waals surface area contributed by atoms with Crippen molar-refractivity contribution in [2.24, 2.45) is 17.3 Å². The van der Waals surface area contributed by atoms with Crippen LogP contribution >= 0.6 is 11.3 Å². The second kappa shape index (κ2) is 5.98. The highest BCUT2D eigenvalue weighted by molar-refractivity contribution is 7.09. The molecule has 4 aliphatic rings. The first-order valence-electron chi connectivity index (χ1n) is 9.07. The van der Waals surface area contributed by atoms with Gasteiger partial charge in [0.25, 0.3) is 0 Å². The van der Waals surface area contributed by atoms with Crippen molar-refractivity contribution in [3.8, 4) is 0 Å². The monoisotopic (exact) mass is 331 g/mol. The van der Waals surface area contributed by atoms with E-state index in [2.05, 4.69) is 47.0 Å². The number of fused-ring (bicyclic) bond motifs is 1. The van der Waals surface area contributed by atoms with Crippen molar-refractivity contribution in [1.29, 1.82) is 0 Å². The number of aromatic nitrogens is 1. The third-order valence-corrected chi connectivity index (χ3v) is 7.33. The summed E-state index contributed by atoms with van der Waals surface area (Å²) in [5, 5.41) is 3.40. The van der Waals surface area contributed by atoms with Gasteiger partial charge in [0, 0.05) is 44.6 Å². The molecule has 4 heteroatoms. The van der Waals surface area contributed by atoms with Crippen LogP contribution in [0.5, 0.6) is 0 Å². The van der Waals surface area contributed by atoms with Gasteiger partial charge in [-0.2, -0.15) is 0 Å². The Hall–Kier alpha value is -0.710. The third kappa shape index (κ3) is 3.01. The highest BCUT2D eigenvalue weighted by Gasteiger charge is 2.51. The quantitative estimate of drug-likeness (QED) is 0.787. The molecule has 2 bridgehead atoms. The van der Waals surface area contributed by atoms with E-state index in [9.17, 15) is 0 Å². The van der Waals surface area contributed by atoms with Gasteiger partial charge in [-0.25, -0.2) is 4.98 Å². The minimum Gasteiger partial charge on any atom is -0.297 e. The van der Waals surface area contributed by atoms with E-state index in [1.54, 1.807) is 16.9 Å². The van der Waals surface area contributed by atoms with Gasteiger partial charge in [0.2, 0.25) is 0 Å². The second-order valence-electron chi connectivity index (χ2n) is 8.23. The lowest BCUT2D eigenvalue weighted by Gasteiger charge is -2.57. The summed E-state index contributed by atoms with van der Waals surface area (Å²) in [4.78, 5) is 9.83. The van der Waals surface area contributed by atoms with E-state index in [4.69, 9.17) is 0 Å². The predicted molar refractivity (Wildman–Crippen MR) is 96.6 cm³/mol. The van der Waals surface area contributed by atoms with Gasteiger partial charge in [-0.3, -0.25) is 9.80 Å². The van der Waals surface area contributed by atoms with Crippen LogP contribution in [0.1, 0.15) is 37.4 Å². The summed E-state index contributed by atoms with van der Waals surface area (Å²) in [5.74, 6) is 1.81. The van der Waals surface area contributed by atoms with E-state index in [-0.39, 0.29) is 0 Å². The summed E-state index contributed by atoms with van der Waals surface area (Å²) in [7, 11) is 0. The van der Waals surface area contributed by atoms with Gasteiger partial charge in [-0.05, 0) is 37.0 Å². The molecule has 2 heterocycles. The molecule has 3 aliphatic carbocycles. The SMILES string of the molecule is Cc1nc(CN2CCN(CC3=CC[C@H]4C[C@@H]3C4(C)C)CC2)cs1. The van der Waals surface area contributed by atoms with E-state index in [0.29, 0.717) is 5.41 Å². The molecule has 126 valence electrons. The van der Waals surface area contributed by atoms with E-state index in [1.807, 2.05) is 0 Å². The molecule has 0 aromatic carbocycles. The highest BCUT2D eigenvalue weighted by atomic mass is 32.1. The highest BCUT2D eigenvalue weighted by Crippen LogP contribution is 2.59. The van der Waals surface area contributed by atoms with Gasteiger partial charge >= 0.3 is 0 Å². The molecule has 3 nitrogen and oxygen atoms in total. The van der Waals surface area contributed by atoms with Crippen molar-refractivity contribution in [2.75, 3.05) is 32.7 Å². The number of rotatable bonds is 4. The lowest BCUT2D eigenvalue weighted by Crippen LogP contribution is -2.52. The Bertz CT molecular complexity index is 596. The van der Waals surface area contributed by atoms with Crippen LogP contribution in [0.25, 0.3) is 0 Å². The number of hydrogen-bond acceptors (Lipinski definition) is 4. The summed E-state index contributed by atoms with van der Waals surface area (Å²) in [6.07, 6.45) is 5.33. The van der Waals surface area contributed by atoms with Crippen molar-refractivity contribution in [2.45, 2.75) is 40.2 Å². The summed E-state index contributed by atoms with van der Waals surface area (Å²) in [6.45, 7) is 14.1. The fraction of sp³-hybridized carbons (Fsp3) is 0.737. The molecule has 23 heavy (non-hydrogen) atoms. The number of allylic oxidation sites excluding steroid dienone is 1. The molecule has 1 aromatic rings. The van der Waals surface area contributed by atoms with Gasteiger partial charge in [0.05, 0.1) is 10.7 Å². The van der Waals surface area contributed by atoms with Crippen LogP contribution in [0.15, 0.2) is 17.0 Å². The van der Waals surface area contributed by atoms with E-state index in [0.717, 1.165) is 18.4 Å². The third-order valence-electron chi connectivity index (χ3n) is 6.51. The molecule has 0 radical (unpaired) electrons. The maximum atomic E-state index is 4.60. The topological polar surface area (TPSA) is 19.4 Å². The molecule has 2 atom stereocenters. The van der Waals surface area contributed by atoms with E-state index >= 15 is 0 Å². The zero-order valence-corrected chi connectivity index (χ0v) is 15.5. The molecule has 0 N–H and O–H groups in total. The number of thiazole rings is 1. The summed E-state index contributed by atoms with van der Waals surface area (Å²) < 4.78 is 0. The van der Waals surface area contributed by atoms with E-state index < -0.39 is 0 Å². The van der Waals surface area contributed by atoms with Gasteiger partial charge < -0.3 is 0 Å². The Labute approximate surface area is 144 Å². The number of nitrogens with zero attached hydrogens (tertiary/aromatic N) is 3. The second-order valence-corrected chi connectivity index (χ2v) is 9.29. The first-order valence-corrected chi connectivity index (χ1v) is 9.95. The van der Waals surface area contributed by atoms with Crippen molar-refractivity contribution >= 4 is 11.3 Å². The molecular weight excluding hydrogens is 302 g/mol. The average molecular weight is 332 g/mol. The number of aryl methyl sites for hydroxylation is 1. The van der Waals surface area contributed by atoms with Gasteiger partial charge in [0.1, 0.15) is 0 Å². The van der Waals surface area contributed by atoms with Crippen molar-refractivity contribution < 1.29 is 0 Å². The van der Waals surface area contributed by atoms with Crippen LogP contribution in [0, 0.1) is 24.2 Å². The minimum absolute atomic E-state index is 0.564. The molecule has 0 unspecified atom stereocenters. The Morgan fingerprint density at radius 3 is 2.43 bits per heavy atom. The molecule has 1 aliphatic heterocycles. The molecule has 1 aromatic heterocycles. The molecule has 1 saturated heterocycles. The van der Waals surface area contributed by atoms with Gasteiger partial charge in [-0.1, -0.05) is 25.5 Å². The first kappa shape index (κ1) is 15.8. The number of piperazine rings is 1.